The maximum absolute atomic E-state index is 13.4. The summed E-state index contributed by atoms with van der Waals surface area (Å²) >= 11 is 0. The molecule has 3 nitrogen and oxygen atoms in total. The monoisotopic (exact) mass is 442 g/mol. The van der Waals surface area contributed by atoms with Gasteiger partial charge in [0.2, 0.25) is 0 Å². The third-order valence-electron chi connectivity index (χ3n) is 5.32. The maximum atomic E-state index is 13.4. The molecule has 4 aromatic rings. The van der Waals surface area contributed by atoms with Crippen molar-refractivity contribution in [2.45, 2.75) is 13.5 Å². The normalized spacial score (nSPS) is 10.8. The Hall–Kier alpha value is -4.55. The van der Waals surface area contributed by atoms with E-state index in [4.69, 9.17) is 0 Å². The van der Waals surface area contributed by atoms with Crippen LogP contribution in [0.3, 0.4) is 0 Å². The van der Waals surface area contributed by atoms with Gasteiger partial charge in [0, 0.05) is 11.1 Å². The summed E-state index contributed by atoms with van der Waals surface area (Å²) in [5.74, 6) is 5.71. The zero-order chi connectivity index (χ0) is 23.8. The number of anilines is 1. The molecule has 0 unspecified atom stereocenters. The Morgan fingerprint density at radius 2 is 1.44 bits per heavy atom. The molecule has 0 aromatic heterocycles. The number of amides is 1. The van der Waals surface area contributed by atoms with Crippen molar-refractivity contribution in [3.05, 3.63) is 143 Å². The van der Waals surface area contributed by atoms with Gasteiger partial charge in [-0.3, -0.25) is 4.79 Å². The lowest BCUT2D eigenvalue weighted by Crippen LogP contribution is -2.30. The standard InChI is InChI=1S/C31H25NO2/c1-24-17-20-29(28(21-24)19-18-25-11-5-2-6-12-25)32(23-26-13-7-3-8-14-26)31(34)22-30(33)27-15-9-4-10-16-27/h2-17,20-22,33H,23H2,1H3/p-1/b30-22+. The third kappa shape index (κ3) is 5.82. The van der Waals surface area contributed by atoms with Gasteiger partial charge >= 0.3 is 0 Å². The van der Waals surface area contributed by atoms with Crippen molar-refractivity contribution in [3.8, 4) is 11.8 Å². The van der Waals surface area contributed by atoms with E-state index >= 15 is 0 Å². The number of carbonyl (C=O) groups excluding carboxylic acids is 1. The SMILES string of the molecule is Cc1ccc(N(Cc2ccccc2)C(=O)/C=C(/[O-])c2ccccc2)c(C#Cc2ccccc2)c1. The molecule has 1 amide bonds. The Morgan fingerprint density at radius 3 is 2.12 bits per heavy atom. The quantitative estimate of drug-likeness (QED) is 0.238. The lowest BCUT2D eigenvalue weighted by Gasteiger charge is -2.25. The molecule has 0 bridgehead atoms. The molecule has 0 heterocycles. The van der Waals surface area contributed by atoms with Crippen molar-refractivity contribution in [3.63, 3.8) is 0 Å². The Morgan fingerprint density at radius 1 is 0.824 bits per heavy atom. The molecule has 0 saturated carbocycles. The average Bonchev–Trinajstić information content (AvgIpc) is 2.88. The van der Waals surface area contributed by atoms with Crippen molar-refractivity contribution in [1.29, 1.82) is 0 Å². The minimum atomic E-state index is -0.385. The maximum Gasteiger partial charge on any atom is 0.250 e. The largest absolute Gasteiger partial charge is 0.872 e. The van der Waals surface area contributed by atoms with Gasteiger partial charge in [0.25, 0.3) is 5.91 Å². The second-order valence-corrected chi connectivity index (χ2v) is 7.92. The van der Waals surface area contributed by atoms with Crippen LogP contribution in [0, 0.1) is 18.8 Å². The molecule has 0 fully saturated rings. The van der Waals surface area contributed by atoms with E-state index in [2.05, 4.69) is 11.8 Å². The number of rotatable bonds is 5. The Balaban J connectivity index is 1.76. The van der Waals surface area contributed by atoms with Gasteiger partial charge in [0.1, 0.15) is 0 Å². The average molecular weight is 443 g/mol. The lowest BCUT2D eigenvalue weighted by molar-refractivity contribution is -0.243. The van der Waals surface area contributed by atoms with E-state index in [1.165, 1.54) is 0 Å². The van der Waals surface area contributed by atoms with Crippen LogP contribution >= 0.6 is 0 Å². The molecule has 0 N–H and O–H groups in total. The van der Waals surface area contributed by atoms with Gasteiger partial charge in [0.15, 0.2) is 0 Å². The minimum absolute atomic E-state index is 0.321. The van der Waals surface area contributed by atoms with Crippen molar-refractivity contribution in [2.75, 3.05) is 4.90 Å². The molecule has 166 valence electrons. The number of hydrogen-bond donors (Lipinski definition) is 0. The smallest absolute Gasteiger partial charge is 0.250 e. The summed E-state index contributed by atoms with van der Waals surface area (Å²) in [4.78, 5) is 15.1. The van der Waals surface area contributed by atoms with Gasteiger partial charge in [-0.25, -0.2) is 0 Å². The van der Waals surface area contributed by atoms with Crippen LogP contribution in [0.5, 0.6) is 0 Å². The van der Waals surface area contributed by atoms with Crippen molar-refractivity contribution in [1.82, 2.24) is 0 Å². The molecule has 0 aliphatic rings. The summed E-state index contributed by atoms with van der Waals surface area (Å²) in [6.07, 6.45) is 1.16. The second kappa shape index (κ2) is 10.8. The molecule has 4 rings (SSSR count). The number of carbonyl (C=O) groups is 1. The lowest BCUT2D eigenvalue weighted by atomic mass is 10.1. The summed E-state index contributed by atoms with van der Waals surface area (Å²) in [5, 5.41) is 12.8. The predicted octanol–water partition coefficient (Wildman–Crippen LogP) is 5.33. The highest BCUT2D eigenvalue weighted by molar-refractivity contribution is 6.05. The van der Waals surface area contributed by atoms with Gasteiger partial charge in [-0.2, -0.15) is 0 Å². The first-order valence-corrected chi connectivity index (χ1v) is 11.1. The fourth-order valence-electron chi connectivity index (χ4n) is 3.57. The Kier molecular flexibility index (Phi) is 7.22. The molecule has 34 heavy (non-hydrogen) atoms. The van der Waals surface area contributed by atoms with E-state index < -0.39 is 0 Å². The summed E-state index contributed by atoms with van der Waals surface area (Å²) < 4.78 is 0. The molecule has 4 aromatic carbocycles. The Bertz CT molecular complexity index is 1350. The molecule has 0 aliphatic heterocycles. The predicted molar refractivity (Wildman–Crippen MR) is 136 cm³/mol. The van der Waals surface area contributed by atoms with E-state index in [9.17, 15) is 9.90 Å². The van der Waals surface area contributed by atoms with E-state index in [0.29, 0.717) is 17.8 Å². The van der Waals surface area contributed by atoms with Crippen LogP contribution in [-0.2, 0) is 11.3 Å². The van der Waals surface area contributed by atoms with Crippen LogP contribution in [-0.4, -0.2) is 5.91 Å². The van der Waals surface area contributed by atoms with E-state index in [0.717, 1.165) is 28.3 Å². The number of hydrogen-bond acceptors (Lipinski definition) is 2. The highest BCUT2D eigenvalue weighted by Crippen LogP contribution is 2.25. The highest BCUT2D eigenvalue weighted by atomic mass is 16.3. The first kappa shape index (κ1) is 22.6. The molecule has 0 radical (unpaired) electrons. The fourth-order valence-corrected chi connectivity index (χ4v) is 3.57. The van der Waals surface area contributed by atoms with E-state index in [-0.39, 0.29) is 11.7 Å². The summed E-state index contributed by atoms with van der Waals surface area (Å²) in [7, 11) is 0. The van der Waals surface area contributed by atoms with Gasteiger partial charge in [-0.05, 0) is 54.0 Å². The second-order valence-electron chi connectivity index (χ2n) is 7.92. The van der Waals surface area contributed by atoms with Gasteiger partial charge in [-0.1, -0.05) is 103 Å². The third-order valence-corrected chi connectivity index (χ3v) is 5.32. The zero-order valence-corrected chi connectivity index (χ0v) is 18.9. The minimum Gasteiger partial charge on any atom is -0.872 e. The Labute approximate surface area is 200 Å². The number of nitrogens with zero attached hydrogens (tertiary/aromatic N) is 1. The van der Waals surface area contributed by atoms with Crippen LogP contribution in [0.2, 0.25) is 0 Å². The van der Waals surface area contributed by atoms with Crippen LogP contribution in [0.4, 0.5) is 5.69 Å². The summed E-state index contributed by atoms with van der Waals surface area (Å²) in [5.41, 5.74) is 4.76. The van der Waals surface area contributed by atoms with Gasteiger partial charge in [0.05, 0.1) is 12.2 Å². The number of aryl methyl sites for hydroxylation is 1. The first-order chi connectivity index (χ1) is 16.6. The molecule has 0 aliphatic carbocycles. The molecule has 0 atom stereocenters. The van der Waals surface area contributed by atoms with Crippen LogP contribution in [0.1, 0.15) is 27.8 Å². The molecular weight excluding hydrogens is 418 g/mol. The van der Waals surface area contributed by atoms with Crippen molar-refractivity contribution in [2.24, 2.45) is 0 Å². The highest BCUT2D eigenvalue weighted by Gasteiger charge is 2.17. The molecule has 3 heteroatoms. The summed E-state index contributed by atoms with van der Waals surface area (Å²) in [6.45, 7) is 2.31. The topological polar surface area (TPSA) is 43.4 Å². The van der Waals surface area contributed by atoms with Gasteiger partial charge in [-0.15, -0.1) is 0 Å². The summed E-state index contributed by atoms with van der Waals surface area (Å²) in [6, 6.07) is 34.1. The van der Waals surface area contributed by atoms with E-state index in [1.54, 1.807) is 29.2 Å². The molecule has 0 spiro atoms. The van der Waals surface area contributed by atoms with Crippen LogP contribution in [0.15, 0.2) is 115 Å². The van der Waals surface area contributed by atoms with E-state index in [1.807, 2.05) is 91.9 Å². The van der Waals surface area contributed by atoms with Crippen molar-refractivity contribution < 1.29 is 9.90 Å². The van der Waals surface area contributed by atoms with Gasteiger partial charge < -0.3 is 10.0 Å². The zero-order valence-electron chi connectivity index (χ0n) is 18.9. The van der Waals surface area contributed by atoms with Crippen molar-refractivity contribution >= 4 is 17.4 Å². The fraction of sp³-hybridized carbons (Fsp3) is 0.0645. The molecular formula is C31H24NO2-. The first-order valence-electron chi connectivity index (χ1n) is 11.1. The molecule has 0 saturated heterocycles. The number of benzene rings is 4. The van der Waals surface area contributed by atoms with Crippen LogP contribution < -0.4 is 10.0 Å². The van der Waals surface area contributed by atoms with Crippen LogP contribution in [0.25, 0.3) is 5.76 Å².